The van der Waals surface area contributed by atoms with E-state index in [-0.39, 0.29) is 22.5 Å². The summed E-state index contributed by atoms with van der Waals surface area (Å²) in [6.45, 7) is -3.26. The summed E-state index contributed by atoms with van der Waals surface area (Å²) in [6, 6.07) is 11.1. The Morgan fingerprint density at radius 3 is 2.27 bits per heavy atom. The number of halogens is 3. The molecule has 10 heteroatoms. The Morgan fingerprint density at radius 1 is 1.00 bits per heavy atom. The van der Waals surface area contributed by atoms with Gasteiger partial charge in [0.25, 0.3) is 0 Å². The highest BCUT2D eigenvalue weighted by molar-refractivity contribution is 6.07. The maximum Gasteiger partial charge on any atom is 0.387 e. The van der Waals surface area contributed by atoms with Crippen LogP contribution in [0.25, 0.3) is 16.9 Å². The quantitative estimate of drug-likeness (QED) is 0.564. The molecule has 1 heterocycles. The summed E-state index contributed by atoms with van der Waals surface area (Å²) in [5, 5.41) is 4.25. The topological polar surface area (TPSA) is 79.7 Å². The van der Waals surface area contributed by atoms with Gasteiger partial charge in [0.1, 0.15) is 22.8 Å². The molecule has 0 bridgehead atoms. The molecule has 0 spiro atoms. The lowest BCUT2D eigenvalue weighted by Gasteiger charge is -2.10. The van der Waals surface area contributed by atoms with Crippen LogP contribution >= 0.6 is 0 Å². The molecule has 0 fully saturated rings. The fourth-order valence-electron chi connectivity index (χ4n) is 2.83. The van der Waals surface area contributed by atoms with Crippen LogP contribution in [0.1, 0.15) is 20.8 Å². The molecule has 156 valence electrons. The number of para-hydroxylation sites is 1. The number of aromatic nitrogens is 2. The number of carbonyl (C=O) groups is 2. The van der Waals surface area contributed by atoms with Gasteiger partial charge in [-0.05, 0) is 24.3 Å². The van der Waals surface area contributed by atoms with Gasteiger partial charge in [0.15, 0.2) is 5.69 Å². The van der Waals surface area contributed by atoms with E-state index >= 15 is 0 Å². The second kappa shape index (κ2) is 8.68. The minimum Gasteiger partial charge on any atom is -0.465 e. The highest BCUT2D eigenvalue weighted by Crippen LogP contribution is 2.36. The lowest BCUT2D eigenvalue weighted by atomic mass is 10.0. The first kappa shape index (κ1) is 20.9. The van der Waals surface area contributed by atoms with Crippen LogP contribution in [0.5, 0.6) is 5.75 Å². The van der Waals surface area contributed by atoms with Crippen LogP contribution in [0.3, 0.4) is 0 Å². The summed E-state index contributed by atoms with van der Waals surface area (Å²) in [5.41, 5.74) is -0.622. The summed E-state index contributed by atoms with van der Waals surface area (Å²) >= 11 is 0. The van der Waals surface area contributed by atoms with Crippen molar-refractivity contribution in [2.24, 2.45) is 0 Å². The third kappa shape index (κ3) is 3.97. The van der Waals surface area contributed by atoms with Crippen molar-refractivity contribution in [2.75, 3.05) is 14.2 Å². The lowest BCUT2D eigenvalue weighted by Crippen LogP contribution is -2.15. The Hall–Kier alpha value is -3.82. The standard InChI is InChI=1S/C20H15F3N2O5/c1-28-18(26)15-16(13-9-8-11(21)10-14(13)30-20(22)23)24-25(17(15)19(27)29-2)12-6-4-3-5-7-12/h3-10,20H,1-2H3. The molecule has 0 amide bonds. The third-order valence-electron chi connectivity index (χ3n) is 4.07. The molecular formula is C20H15F3N2O5. The maximum atomic E-state index is 13.7. The molecule has 0 atom stereocenters. The Balaban J connectivity index is 2.37. The molecular weight excluding hydrogens is 405 g/mol. The molecule has 30 heavy (non-hydrogen) atoms. The number of rotatable bonds is 6. The number of ether oxygens (including phenoxy) is 3. The number of benzene rings is 2. The van der Waals surface area contributed by atoms with E-state index in [1.165, 1.54) is 0 Å². The van der Waals surface area contributed by atoms with Gasteiger partial charge in [-0.2, -0.15) is 13.9 Å². The van der Waals surface area contributed by atoms with Crippen molar-refractivity contribution in [3.63, 3.8) is 0 Å². The van der Waals surface area contributed by atoms with Crippen molar-refractivity contribution in [3.8, 4) is 22.7 Å². The molecule has 0 aliphatic rings. The molecule has 2 aromatic carbocycles. The minimum atomic E-state index is -3.26. The Morgan fingerprint density at radius 2 is 1.67 bits per heavy atom. The second-order valence-electron chi connectivity index (χ2n) is 5.82. The number of methoxy groups -OCH3 is 2. The summed E-state index contributed by atoms with van der Waals surface area (Å²) in [4.78, 5) is 25.1. The second-order valence-corrected chi connectivity index (χ2v) is 5.82. The zero-order valence-corrected chi connectivity index (χ0v) is 15.8. The Bertz CT molecular complexity index is 1080. The first-order valence-electron chi connectivity index (χ1n) is 8.47. The molecule has 0 aliphatic carbocycles. The third-order valence-corrected chi connectivity index (χ3v) is 4.07. The molecule has 3 aromatic rings. The van der Waals surface area contributed by atoms with E-state index in [4.69, 9.17) is 9.47 Å². The zero-order valence-electron chi connectivity index (χ0n) is 15.8. The summed E-state index contributed by atoms with van der Waals surface area (Å²) < 4.78 is 54.4. The fraction of sp³-hybridized carbons (Fsp3) is 0.150. The summed E-state index contributed by atoms with van der Waals surface area (Å²) in [6.07, 6.45) is 0. The highest BCUT2D eigenvalue weighted by atomic mass is 19.3. The van der Waals surface area contributed by atoms with Crippen LogP contribution in [-0.4, -0.2) is 42.6 Å². The van der Waals surface area contributed by atoms with E-state index in [0.717, 1.165) is 37.1 Å². The van der Waals surface area contributed by atoms with Crippen LogP contribution in [0.15, 0.2) is 48.5 Å². The smallest absolute Gasteiger partial charge is 0.387 e. The van der Waals surface area contributed by atoms with Crippen LogP contribution in [-0.2, 0) is 9.47 Å². The highest BCUT2D eigenvalue weighted by Gasteiger charge is 2.32. The van der Waals surface area contributed by atoms with Gasteiger partial charge in [-0.25, -0.2) is 18.7 Å². The molecule has 0 unspecified atom stereocenters. The van der Waals surface area contributed by atoms with Crippen LogP contribution in [0.2, 0.25) is 0 Å². The van der Waals surface area contributed by atoms with Crippen LogP contribution in [0.4, 0.5) is 13.2 Å². The SMILES string of the molecule is COC(=O)c1c(-c2ccc(F)cc2OC(F)F)nn(-c2ccccc2)c1C(=O)OC. The van der Waals surface area contributed by atoms with Crippen molar-refractivity contribution in [1.29, 1.82) is 0 Å². The maximum absolute atomic E-state index is 13.7. The van der Waals surface area contributed by atoms with Gasteiger partial charge in [0.05, 0.1) is 19.9 Å². The van der Waals surface area contributed by atoms with Crippen molar-refractivity contribution in [2.45, 2.75) is 6.61 Å². The zero-order chi connectivity index (χ0) is 21.8. The Labute approximate surface area is 168 Å². The molecule has 1 aromatic heterocycles. The number of hydrogen-bond donors (Lipinski definition) is 0. The van der Waals surface area contributed by atoms with Gasteiger partial charge in [0.2, 0.25) is 0 Å². The molecule has 0 saturated carbocycles. The fourth-order valence-corrected chi connectivity index (χ4v) is 2.83. The number of alkyl halides is 2. The largest absolute Gasteiger partial charge is 0.465 e. The van der Waals surface area contributed by atoms with Crippen LogP contribution in [0, 0.1) is 5.82 Å². The molecule has 0 saturated heterocycles. The number of esters is 2. The predicted octanol–water partition coefficient (Wildman–Crippen LogP) is 3.85. The van der Waals surface area contributed by atoms with E-state index in [1.54, 1.807) is 30.3 Å². The number of hydrogen-bond acceptors (Lipinski definition) is 6. The molecule has 0 N–H and O–H groups in total. The average molecular weight is 420 g/mol. The van der Waals surface area contributed by atoms with Gasteiger partial charge in [-0.1, -0.05) is 18.2 Å². The molecule has 3 rings (SSSR count). The minimum absolute atomic E-state index is 0.142. The lowest BCUT2D eigenvalue weighted by molar-refractivity contribution is -0.0496. The number of carbonyl (C=O) groups excluding carboxylic acids is 2. The van der Waals surface area contributed by atoms with Gasteiger partial charge in [-0.3, -0.25) is 0 Å². The normalized spacial score (nSPS) is 10.7. The van der Waals surface area contributed by atoms with Gasteiger partial charge < -0.3 is 14.2 Å². The van der Waals surface area contributed by atoms with E-state index in [1.807, 2.05) is 0 Å². The van der Waals surface area contributed by atoms with E-state index < -0.39 is 30.1 Å². The summed E-state index contributed by atoms with van der Waals surface area (Å²) in [7, 11) is 2.18. The molecule has 0 aliphatic heterocycles. The monoisotopic (exact) mass is 420 g/mol. The number of nitrogens with zero attached hydrogens (tertiary/aromatic N) is 2. The summed E-state index contributed by atoms with van der Waals surface area (Å²) in [5.74, 6) is -3.30. The average Bonchev–Trinajstić information content (AvgIpc) is 3.13. The van der Waals surface area contributed by atoms with Gasteiger partial charge in [0, 0.05) is 11.6 Å². The van der Waals surface area contributed by atoms with Crippen LogP contribution < -0.4 is 4.74 Å². The molecule has 0 radical (unpaired) electrons. The van der Waals surface area contributed by atoms with Crippen molar-refractivity contribution in [3.05, 3.63) is 65.6 Å². The van der Waals surface area contributed by atoms with E-state index in [9.17, 15) is 22.8 Å². The first-order chi connectivity index (χ1) is 14.4. The molecule has 7 nitrogen and oxygen atoms in total. The van der Waals surface area contributed by atoms with E-state index in [0.29, 0.717) is 5.69 Å². The predicted molar refractivity (Wildman–Crippen MR) is 98.3 cm³/mol. The van der Waals surface area contributed by atoms with E-state index in [2.05, 4.69) is 9.84 Å². The van der Waals surface area contributed by atoms with Gasteiger partial charge >= 0.3 is 18.6 Å². The van der Waals surface area contributed by atoms with Crippen molar-refractivity contribution >= 4 is 11.9 Å². The van der Waals surface area contributed by atoms with Gasteiger partial charge in [-0.15, -0.1) is 0 Å². The Kier molecular flexibility index (Phi) is 6.05. The van der Waals surface area contributed by atoms with Crippen molar-refractivity contribution < 1.29 is 37.0 Å². The first-order valence-corrected chi connectivity index (χ1v) is 8.47. The van der Waals surface area contributed by atoms with Crippen molar-refractivity contribution in [1.82, 2.24) is 9.78 Å².